The molecule has 122 valence electrons. The van der Waals surface area contributed by atoms with Crippen LogP contribution in [0.25, 0.3) is 10.8 Å². The molecular weight excluding hydrogens is 316 g/mol. The third kappa shape index (κ3) is 2.94. The van der Waals surface area contributed by atoms with Crippen LogP contribution < -0.4 is 0 Å². The summed E-state index contributed by atoms with van der Waals surface area (Å²) >= 11 is 1.58. The Morgan fingerprint density at radius 3 is 2.83 bits per heavy atom. The molecule has 1 aromatic carbocycles. The van der Waals surface area contributed by atoms with E-state index in [0.29, 0.717) is 5.92 Å². The predicted molar refractivity (Wildman–Crippen MR) is 98.7 cm³/mol. The molecule has 0 N–H and O–H groups in total. The number of nitrogens with zero attached hydrogens (tertiary/aromatic N) is 2. The number of thiophene rings is 1. The molecule has 0 bridgehead atoms. The van der Waals surface area contributed by atoms with E-state index in [1.54, 1.807) is 11.3 Å². The van der Waals surface area contributed by atoms with Gasteiger partial charge in [-0.1, -0.05) is 24.3 Å². The fraction of sp³-hybridized carbons (Fsp3) is 0.300. The SMILES string of the molecule is Cc1ccc(C(=O)N2CCC[C@H](c3cc4ccccc4cn3)C2)s1. The second-order valence-electron chi connectivity index (χ2n) is 6.46. The number of hydrogen-bond acceptors (Lipinski definition) is 3. The highest BCUT2D eigenvalue weighted by molar-refractivity contribution is 7.13. The minimum atomic E-state index is 0.165. The van der Waals surface area contributed by atoms with Crippen LogP contribution in [0.4, 0.5) is 0 Å². The van der Waals surface area contributed by atoms with Crippen LogP contribution in [0.3, 0.4) is 0 Å². The molecule has 1 fully saturated rings. The van der Waals surface area contributed by atoms with Crippen molar-refractivity contribution in [3.63, 3.8) is 0 Å². The number of rotatable bonds is 2. The average molecular weight is 336 g/mol. The monoisotopic (exact) mass is 336 g/mol. The molecule has 4 heteroatoms. The molecule has 1 saturated heterocycles. The third-order valence-electron chi connectivity index (χ3n) is 4.73. The van der Waals surface area contributed by atoms with E-state index < -0.39 is 0 Å². The zero-order valence-corrected chi connectivity index (χ0v) is 14.6. The van der Waals surface area contributed by atoms with Crippen LogP contribution in [0.15, 0.2) is 48.7 Å². The third-order valence-corrected chi connectivity index (χ3v) is 5.72. The molecule has 1 atom stereocenters. The van der Waals surface area contributed by atoms with Crippen LogP contribution in [0.5, 0.6) is 0 Å². The Kier molecular flexibility index (Phi) is 4.07. The summed E-state index contributed by atoms with van der Waals surface area (Å²) < 4.78 is 0. The van der Waals surface area contributed by atoms with Crippen LogP contribution in [-0.2, 0) is 0 Å². The molecule has 1 amide bonds. The maximum Gasteiger partial charge on any atom is 0.263 e. The first-order valence-electron chi connectivity index (χ1n) is 8.41. The zero-order valence-electron chi connectivity index (χ0n) is 13.7. The van der Waals surface area contributed by atoms with Crippen molar-refractivity contribution >= 4 is 28.0 Å². The van der Waals surface area contributed by atoms with E-state index in [1.165, 1.54) is 15.6 Å². The number of hydrogen-bond donors (Lipinski definition) is 0. The lowest BCUT2D eigenvalue weighted by Crippen LogP contribution is -2.39. The average Bonchev–Trinajstić information content (AvgIpc) is 3.07. The smallest absolute Gasteiger partial charge is 0.263 e. The molecule has 3 heterocycles. The largest absolute Gasteiger partial charge is 0.337 e. The van der Waals surface area contributed by atoms with E-state index in [2.05, 4.69) is 29.2 Å². The molecule has 3 aromatic rings. The van der Waals surface area contributed by atoms with E-state index in [-0.39, 0.29) is 5.91 Å². The molecular formula is C20H20N2OS. The molecule has 4 rings (SSSR count). The van der Waals surface area contributed by atoms with Crippen molar-refractivity contribution in [2.45, 2.75) is 25.7 Å². The van der Waals surface area contributed by atoms with Gasteiger partial charge in [0.05, 0.1) is 4.88 Å². The van der Waals surface area contributed by atoms with Crippen LogP contribution >= 0.6 is 11.3 Å². The van der Waals surface area contributed by atoms with Crippen molar-refractivity contribution in [2.75, 3.05) is 13.1 Å². The van der Waals surface area contributed by atoms with Gasteiger partial charge in [-0.25, -0.2) is 0 Å². The van der Waals surface area contributed by atoms with Gasteiger partial charge < -0.3 is 4.90 Å². The van der Waals surface area contributed by atoms with E-state index >= 15 is 0 Å². The first-order valence-corrected chi connectivity index (χ1v) is 9.23. The molecule has 2 aromatic heterocycles. The Balaban J connectivity index is 1.56. The fourth-order valence-electron chi connectivity index (χ4n) is 3.43. The highest BCUT2D eigenvalue weighted by Crippen LogP contribution is 2.29. The Labute approximate surface area is 146 Å². The highest BCUT2D eigenvalue weighted by Gasteiger charge is 2.27. The topological polar surface area (TPSA) is 33.2 Å². The van der Waals surface area contributed by atoms with Gasteiger partial charge in [-0.3, -0.25) is 9.78 Å². The van der Waals surface area contributed by atoms with E-state index in [0.717, 1.165) is 36.5 Å². The van der Waals surface area contributed by atoms with Crippen LogP contribution in [0.1, 0.15) is 39.0 Å². The lowest BCUT2D eigenvalue weighted by molar-refractivity contribution is 0.0711. The number of piperidine rings is 1. The summed E-state index contributed by atoms with van der Waals surface area (Å²) in [7, 11) is 0. The molecule has 0 aliphatic carbocycles. The number of fused-ring (bicyclic) bond motifs is 1. The van der Waals surface area contributed by atoms with Gasteiger partial charge in [0, 0.05) is 41.2 Å². The number of aryl methyl sites for hydroxylation is 1. The summed E-state index contributed by atoms with van der Waals surface area (Å²) in [5.74, 6) is 0.493. The maximum atomic E-state index is 12.7. The number of likely N-dealkylation sites (tertiary alicyclic amines) is 1. The van der Waals surface area contributed by atoms with E-state index in [1.807, 2.05) is 36.2 Å². The van der Waals surface area contributed by atoms with Gasteiger partial charge >= 0.3 is 0 Å². The van der Waals surface area contributed by atoms with Crippen molar-refractivity contribution in [3.05, 3.63) is 64.1 Å². The van der Waals surface area contributed by atoms with Crippen LogP contribution in [0, 0.1) is 6.92 Å². The van der Waals surface area contributed by atoms with E-state index in [9.17, 15) is 4.79 Å². The molecule has 0 spiro atoms. The molecule has 3 nitrogen and oxygen atoms in total. The van der Waals surface area contributed by atoms with Crippen molar-refractivity contribution in [2.24, 2.45) is 0 Å². The summed E-state index contributed by atoms with van der Waals surface area (Å²) in [6, 6.07) is 14.5. The number of amides is 1. The summed E-state index contributed by atoms with van der Waals surface area (Å²) in [5.41, 5.74) is 1.11. The zero-order chi connectivity index (χ0) is 16.5. The summed E-state index contributed by atoms with van der Waals surface area (Å²) in [6.07, 6.45) is 4.09. The van der Waals surface area contributed by atoms with E-state index in [4.69, 9.17) is 0 Å². The lowest BCUT2D eigenvalue weighted by Gasteiger charge is -2.32. The van der Waals surface area contributed by atoms with Gasteiger partial charge in [0.2, 0.25) is 0 Å². The highest BCUT2D eigenvalue weighted by atomic mass is 32.1. The summed E-state index contributed by atoms with van der Waals surface area (Å²) in [4.78, 5) is 21.4. The minimum absolute atomic E-state index is 0.165. The fourth-order valence-corrected chi connectivity index (χ4v) is 4.27. The second kappa shape index (κ2) is 6.36. The number of carbonyl (C=O) groups excluding carboxylic acids is 1. The number of benzene rings is 1. The minimum Gasteiger partial charge on any atom is -0.337 e. The molecule has 0 saturated carbocycles. The van der Waals surface area contributed by atoms with Crippen LogP contribution in [0.2, 0.25) is 0 Å². The molecule has 1 aliphatic rings. The second-order valence-corrected chi connectivity index (χ2v) is 7.74. The predicted octanol–water partition coefficient (Wildman–Crippen LogP) is 4.62. The first-order chi connectivity index (χ1) is 11.7. The van der Waals surface area contributed by atoms with Gasteiger partial charge in [0.1, 0.15) is 0 Å². The normalized spacial score (nSPS) is 18.0. The molecule has 0 unspecified atom stereocenters. The Morgan fingerprint density at radius 1 is 1.21 bits per heavy atom. The molecule has 1 aliphatic heterocycles. The Hall–Kier alpha value is -2.20. The molecule has 0 radical (unpaired) electrons. The summed E-state index contributed by atoms with van der Waals surface area (Å²) in [5, 5.41) is 2.39. The van der Waals surface area contributed by atoms with Crippen molar-refractivity contribution < 1.29 is 4.79 Å². The Bertz CT molecular complexity index is 886. The number of aromatic nitrogens is 1. The number of carbonyl (C=O) groups is 1. The van der Waals surface area contributed by atoms with Crippen molar-refractivity contribution in [3.8, 4) is 0 Å². The van der Waals surface area contributed by atoms with Crippen molar-refractivity contribution in [1.29, 1.82) is 0 Å². The standard InChI is InChI=1S/C20H20N2OS/c1-14-8-9-19(24-14)20(23)22-10-4-7-17(13-22)18-11-15-5-2-3-6-16(15)12-21-18/h2-3,5-6,8-9,11-12,17H,4,7,10,13H2,1H3/t17-/m0/s1. The van der Waals surface area contributed by atoms with Gasteiger partial charge in [0.25, 0.3) is 5.91 Å². The van der Waals surface area contributed by atoms with Gasteiger partial charge in [-0.05, 0) is 43.4 Å². The van der Waals surface area contributed by atoms with Crippen LogP contribution in [-0.4, -0.2) is 28.9 Å². The molecule has 24 heavy (non-hydrogen) atoms. The quantitative estimate of drug-likeness (QED) is 0.684. The van der Waals surface area contributed by atoms with Gasteiger partial charge in [0.15, 0.2) is 0 Å². The van der Waals surface area contributed by atoms with Gasteiger partial charge in [-0.15, -0.1) is 11.3 Å². The van der Waals surface area contributed by atoms with Gasteiger partial charge in [-0.2, -0.15) is 0 Å². The Morgan fingerprint density at radius 2 is 2.04 bits per heavy atom. The first kappa shape index (κ1) is 15.3. The summed E-state index contributed by atoms with van der Waals surface area (Å²) in [6.45, 7) is 3.65. The maximum absolute atomic E-state index is 12.7. The lowest BCUT2D eigenvalue weighted by atomic mass is 9.93. The number of pyridine rings is 1. The van der Waals surface area contributed by atoms with Crippen molar-refractivity contribution in [1.82, 2.24) is 9.88 Å².